The zero-order valence-electron chi connectivity index (χ0n) is 8.55. The molecule has 2 heteroatoms. The minimum Gasteiger partial charge on any atom is -0.364 e. The van der Waals surface area contributed by atoms with Crippen LogP contribution in [-0.2, 0) is 6.54 Å². The topological polar surface area (TPSA) is 27.8 Å². The van der Waals surface area contributed by atoms with Crippen molar-refractivity contribution in [2.24, 2.45) is 5.41 Å². The average molecular weight is 190 g/mol. The van der Waals surface area contributed by atoms with Gasteiger partial charge in [0.25, 0.3) is 0 Å². The van der Waals surface area contributed by atoms with Gasteiger partial charge in [0.2, 0.25) is 0 Å². The number of H-pyrrole nitrogens is 1. The third kappa shape index (κ3) is 1.38. The monoisotopic (exact) mass is 190 g/mol. The zero-order valence-corrected chi connectivity index (χ0v) is 8.55. The molecular formula is C12H18N2. The number of hydrogen-bond donors (Lipinski definition) is 2. The first-order chi connectivity index (χ1) is 6.86. The zero-order chi connectivity index (χ0) is 9.43. The smallest absolute Gasteiger partial charge is 0.0359 e. The molecule has 2 aliphatic carbocycles. The fourth-order valence-corrected chi connectivity index (χ4v) is 2.95. The molecule has 3 rings (SSSR count). The molecule has 0 radical (unpaired) electrons. The van der Waals surface area contributed by atoms with Crippen LogP contribution >= 0.6 is 0 Å². The van der Waals surface area contributed by atoms with Gasteiger partial charge in [0.15, 0.2) is 0 Å². The van der Waals surface area contributed by atoms with E-state index in [0.717, 1.165) is 18.0 Å². The van der Waals surface area contributed by atoms with Crippen molar-refractivity contribution in [3.8, 4) is 0 Å². The van der Waals surface area contributed by atoms with Gasteiger partial charge in [0.05, 0.1) is 0 Å². The van der Waals surface area contributed by atoms with Gasteiger partial charge in [0, 0.05) is 24.5 Å². The van der Waals surface area contributed by atoms with E-state index in [1.165, 1.54) is 37.8 Å². The second-order valence-electron chi connectivity index (χ2n) is 5.03. The van der Waals surface area contributed by atoms with E-state index >= 15 is 0 Å². The molecule has 1 heterocycles. The molecule has 0 unspecified atom stereocenters. The summed E-state index contributed by atoms with van der Waals surface area (Å²) in [5.41, 5.74) is 2.10. The van der Waals surface area contributed by atoms with Crippen molar-refractivity contribution in [1.82, 2.24) is 10.3 Å². The van der Waals surface area contributed by atoms with Crippen LogP contribution in [0.1, 0.15) is 37.8 Å². The first-order valence-electron chi connectivity index (χ1n) is 5.72. The molecule has 2 fully saturated rings. The van der Waals surface area contributed by atoms with E-state index < -0.39 is 0 Å². The first kappa shape index (κ1) is 8.54. The van der Waals surface area contributed by atoms with E-state index in [0.29, 0.717) is 0 Å². The molecule has 0 aliphatic heterocycles. The van der Waals surface area contributed by atoms with E-state index in [4.69, 9.17) is 0 Å². The van der Waals surface area contributed by atoms with Crippen molar-refractivity contribution >= 4 is 0 Å². The largest absolute Gasteiger partial charge is 0.364 e. The molecule has 0 atom stereocenters. The molecule has 2 N–H and O–H groups in total. The van der Waals surface area contributed by atoms with Crippen LogP contribution in [0.4, 0.5) is 0 Å². The summed E-state index contributed by atoms with van der Waals surface area (Å²) in [5.74, 6) is 0. The number of hydrogen-bond acceptors (Lipinski definition) is 1. The van der Waals surface area contributed by atoms with E-state index in [2.05, 4.69) is 22.4 Å². The molecule has 0 amide bonds. The van der Waals surface area contributed by atoms with Crippen LogP contribution in [0, 0.1) is 5.41 Å². The van der Waals surface area contributed by atoms with Gasteiger partial charge in [-0.15, -0.1) is 0 Å². The highest BCUT2D eigenvalue weighted by Crippen LogP contribution is 2.55. The average Bonchev–Trinajstić information content (AvgIpc) is 2.50. The summed E-state index contributed by atoms with van der Waals surface area (Å²) in [6, 6.07) is 4.99. The second-order valence-corrected chi connectivity index (χ2v) is 5.03. The lowest BCUT2D eigenvalue weighted by atomic mass is 9.54. The van der Waals surface area contributed by atoms with Crippen LogP contribution in [0.15, 0.2) is 18.3 Å². The molecule has 2 aliphatic rings. The van der Waals surface area contributed by atoms with Gasteiger partial charge in [-0.3, -0.25) is 0 Å². The summed E-state index contributed by atoms with van der Waals surface area (Å²) in [6.07, 6.45) is 9.30. The predicted octanol–water partition coefficient (Wildman–Crippen LogP) is 2.44. The van der Waals surface area contributed by atoms with Gasteiger partial charge in [-0.2, -0.15) is 0 Å². The fourth-order valence-electron chi connectivity index (χ4n) is 2.95. The molecule has 0 bridgehead atoms. The lowest BCUT2D eigenvalue weighted by Gasteiger charge is -2.54. The summed E-state index contributed by atoms with van der Waals surface area (Å²) >= 11 is 0. The van der Waals surface area contributed by atoms with E-state index in [1.807, 2.05) is 6.20 Å². The SMILES string of the molecule is c1c[nH]c(CNC2CC3(CCC3)C2)c1. The van der Waals surface area contributed by atoms with Crippen molar-refractivity contribution in [2.45, 2.75) is 44.7 Å². The Morgan fingerprint density at radius 1 is 1.43 bits per heavy atom. The maximum absolute atomic E-state index is 3.61. The molecule has 76 valence electrons. The molecule has 2 saturated carbocycles. The molecule has 2 nitrogen and oxygen atoms in total. The normalized spacial score (nSPS) is 24.6. The Kier molecular flexibility index (Phi) is 1.91. The molecule has 1 aromatic heterocycles. The molecule has 1 aromatic rings. The number of rotatable bonds is 3. The predicted molar refractivity (Wildman–Crippen MR) is 56.9 cm³/mol. The van der Waals surface area contributed by atoms with Gasteiger partial charge in [0.1, 0.15) is 0 Å². The van der Waals surface area contributed by atoms with Gasteiger partial charge in [-0.1, -0.05) is 6.42 Å². The van der Waals surface area contributed by atoms with Gasteiger partial charge in [-0.05, 0) is 43.2 Å². The Labute approximate surface area is 85.1 Å². The maximum Gasteiger partial charge on any atom is 0.0359 e. The minimum absolute atomic E-state index is 0.790. The van der Waals surface area contributed by atoms with Crippen molar-refractivity contribution in [3.05, 3.63) is 24.0 Å². The fraction of sp³-hybridized carbons (Fsp3) is 0.667. The number of aromatic amines is 1. The first-order valence-corrected chi connectivity index (χ1v) is 5.72. The van der Waals surface area contributed by atoms with Gasteiger partial charge in [-0.25, -0.2) is 0 Å². The Bertz CT molecular complexity index is 290. The third-order valence-corrected chi connectivity index (χ3v) is 4.02. The van der Waals surface area contributed by atoms with Crippen LogP contribution in [0.25, 0.3) is 0 Å². The van der Waals surface area contributed by atoms with Crippen LogP contribution in [0.2, 0.25) is 0 Å². The van der Waals surface area contributed by atoms with Gasteiger partial charge < -0.3 is 10.3 Å². The Balaban J connectivity index is 1.43. The van der Waals surface area contributed by atoms with Crippen LogP contribution in [0.3, 0.4) is 0 Å². The van der Waals surface area contributed by atoms with Crippen molar-refractivity contribution in [1.29, 1.82) is 0 Å². The molecule has 0 saturated heterocycles. The van der Waals surface area contributed by atoms with E-state index in [1.54, 1.807) is 0 Å². The number of aromatic nitrogens is 1. The minimum atomic E-state index is 0.790. The quantitative estimate of drug-likeness (QED) is 0.752. The van der Waals surface area contributed by atoms with E-state index in [9.17, 15) is 0 Å². The molecule has 0 aromatic carbocycles. The summed E-state index contributed by atoms with van der Waals surface area (Å²) in [4.78, 5) is 3.23. The summed E-state index contributed by atoms with van der Waals surface area (Å²) < 4.78 is 0. The van der Waals surface area contributed by atoms with Crippen molar-refractivity contribution < 1.29 is 0 Å². The Hall–Kier alpha value is -0.760. The standard InChI is InChI=1S/C12H18N2/c1-3-10(13-6-1)9-14-11-7-12(8-11)4-2-5-12/h1,3,6,11,13-14H,2,4-5,7-9H2. The summed E-state index contributed by atoms with van der Waals surface area (Å²) in [7, 11) is 0. The van der Waals surface area contributed by atoms with Crippen LogP contribution in [-0.4, -0.2) is 11.0 Å². The second kappa shape index (κ2) is 3.13. The van der Waals surface area contributed by atoms with Gasteiger partial charge >= 0.3 is 0 Å². The highest BCUT2D eigenvalue weighted by atomic mass is 15.0. The van der Waals surface area contributed by atoms with Crippen LogP contribution < -0.4 is 5.32 Å². The molecular weight excluding hydrogens is 172 g/mol. The molecule has 1 spiro atoms. The maximum atomic E-state index is 3.61. The van der Waals surface area contributed by atoms with Crippen molar-refractivity contribution in [2.75, 3.05) is 0 Å². The highest BCUT2D eigenvalue weighted by molar-refractivity contribution is 5.06. The Morgan fingerprint density at radius 2 is 2.29 bits per heavy atom. The lowest BCUT2D eigenvalue weighted by Crippen LogP contribution is -2.51. The highest BCUT2D eigenvalue weighted by Gasteiger charge is 2.47. The number of nitrogens with one attached hydrogen (secondary N) is 2. The summed E-state index contributed by atoms with van der Waals surface area (Å²) in [5, 5.41) is 3.61. The van der Waals surface area contributed by atoms with E-state index in [-0.39, 0.29) is 0 Å². The summed E-state index contributed by atoms with van der Waals surface area (Å²) in [6.45, 7) is 1.01. The van der Waals surface area contributed by atoms with Crippen LogP contribution in [0.5, 0.6) is 0 Å². The molecule has 14 heavy (non-hydrogen) atoms. The van der Waals surface area contributed by atoms with Crippen molar-refractivity contribution in [3.63, 3.8) is 0 Å². The Morgan fingerprint density at radius 3 is 2.86 bits per heavy atom. The lowest BCUT2D eigenvalue weighted by molar-refractivity contribution is -0.00273. The third-order valence-electron chi connectivity index (χ3n) is 4.02.